The van der Waals surface area contributed by atoms with Crippen LogP contribution in [0.2, 0.25) is 0 Å². The topological polar surface area (TPSA) is 31.9 Å². The van der Waals surface area contributed by atoms with Gasteiger partial charge in [-0.25, -0.2) is 5.11 Å². The van der Waals surface area contributed by atoms with Crippen molar-refractivity contribution in [1.29, 1.82) is 0 Å². The molecule has 2 aliphatic rings. The van der Waals surface area contributed by atoms with Crippen LogP contribution in [0.15, 0.2) is 0 Å². The summed E-state index contributed by atoms with van der Waals surface area (Å²) in [5, 5.41) is 14.4. The lowest BCUT2D eigenvalue weighted by Gasteiger charge is -2.42. The molecular weight excluding hydrogens is 174 g/mol. The Morgan fingerprint density at radius 1 is 1.07 bits per heavy atom. The number of nitrogens with one attached hydrogen (secondary N) is 1. The van der Waals surface area contributed by atoms with Crippen LogP contribution in [-0.4, -0.2) is 12.3 Å². The highest BCUT2D eigenvalue weighted by Gasteiger charge is 2.34. The van der Waals surface area contributed by atoms with Crippen LogP contribution in [0.5, 0.6) is 0 Å². The van der Waals surface area contributed by atoms with Crippen molar-refractivity contribution in [3.8, 4) is 0 Å². The van der Waals surface area contributed by atoms with Crippen LogP contribution in [-0.2, 0) is 5.11 Å². The Hall–Kier alpha value is -0.0800. The molecule has 0 spiro atoms. The van der Waals surface area contributed by atoms with Gasteiger partial charge in [-0.15, -0.1) is 0 Å². The smallest absolute Gasteiger partial charge is 0.141 e. The highest BCUT2D eigenvalue weighted by Crippen LogP contribution is 2.40. The molecule has 0 amide bonds. The third-order valence-electron chi connectivity index (χ3n) is 4.02. The van der Waals surface area contributed by atoms with E-state index in [1.54, 1.807) is 6.92 Å². The minimum absolute atomic E-state index is 0.529. The Kier molecular flexibility index (Phi) is 3.45. The maximum absolute atomic E-state index is 11.2. The molecule has 2 saturated carbocycles. The first-order valence-electron chi connectivity index (χ1n) is 6.19. The summed E-state index contributed by atoms with van der Waals surface area (Å²) in [6, 6.07) is 0.529. The van der Waals surface area contributed by atoms with Crippen LogP contribution >= 0.6 is 0 Å². The van der Waals surface area contributed by atoms with E-state index in [0.717, 1.165) is 11.8 Å². The van der Waals surface area contributed by atoms with Gasteiger partial charge in [0.15, 0.2) is 0 Å². The molecule has 0 aromatic heterocycles. The highest BCUT2D eigenvalue weighted by atomic mass is 16.3. The first kappa shape index (κ1) is 10.4. The molecule has 14 heavy (non-hydrogen) atoms. The van der Waals surface area contributed by atoms with Gasteiger partial charge in [0, 0.05) is 6.04 Å². The van der Waals surface area contributed by atoms with Gasteiger partial charge < -0.3 is 0 Å². The lowest BCUT2D eigenvalue weighted by atomic mass is 9.68. The molecule has 0 saturated heterocycles. The van der Waals surface area contributed by atoms with Crippen molar-refractivity contribution < 1.29 is 5.11 Å². The van der Waals surface area contributed by atoms with Gasteiger partial charge in [-0.1, -0.05) is 32.1 Å². The van der Waals surface area contributed by atoms with Gasteiger partial charge in [0.1, 0.15) is 6.23 Å². The summed E-state index contributed by atoms with van der Waals surface area (Å²) in [5.41, 5.74) is 0. The van der Waals surface area contributed by atoms with Crippen molar-refractivity contribution in [2.75, 3.05) is 0 Å². The number of rotatable bonds is 2. The van der Waals surface area contributed by atoms with Crippen LogP contribution in [0.4, 0.5) is 0 Å². The van der Waals surface area contributed by atoms with E-state index in [4.69, 9.17) is 0 Å². The summed E-state index contributed by atoms with van der Waals surface area (Å²) >= 11 is 0. The average Bonchev–Trinajstić information content (AvgIpc) is 2.18. The van der Waals surface area contributed by atoms with Gasteiger partial charge in [0.25, 0.3) is 0 Å². The zero-order valence-corrected chi connectivity index (χ0v) is 9.17. The van der Waals surface area contributed by atoms with Crippen molar-refractivity contribution in [2.24, 2.45) is 11.8 Å². The number of hydrogen-bond acceptors (Lipinski definition) is 1. The molecule has 2 heteroatoms. The number of fused-ring (bicyclic) bond motifs is 1. The molecule has 4 atom stereocenters. The fraction of sp³-hybridized carbons (Fsp3) is 1.00. The van der Waals surface area contributed by atoms with Crippen LogP contribution in [0.25, 0.3) is 0 Å². The van der Waals surface area contributed by atoms with Crippen LogP contribution < -0.4 is 5.32 Å². The third-order valence-corrected chi connectivity index (χ3v) is 4.02. The lowest BCUT2D eigenvalue weighted by Crippen LogP contribution is -2.46. The van der Waals surface area contributed by atoms with Crippen LogP contribution in [0, 0.1) is 11.8 Å². The van der Waals surface area contributed by atoms with E-state index in [0.29, 0.717) is 6.04 Å². The predicted octanol–water partition coefficient (Wildman–Crippen LogP) is 2.71. The molecule has 2 rings (SSSR count). The quantitative estimate of drug-likeness (QED) is 0.677. The first-order chi connectivity index (χ1) is 6.77. The molecule has 0 aromatic rings. The van der Waals surface area contributed by atoms with Gasteiger partial charge >= 0.3 is 0 Å². The molecule has 2 aliphatic carbocycles. The summed E-state index contributed by atoms with van der Waals surface area (Å²) in [6.07, 6.45) is 8.95. The molecule has 0 aromatic carbocycles. The summed E-state index contributed by atoms with van der Waals surface area (Å²) in [5.74, 6) is 1.74. The van der Waals surface area contributed by atoms with Crippen molar-refractivity contribution in [3.05, 3.63) is 0 Å². The Morgan fingerprint density at radius 3 is 2.57 bits per heavy atom. The Labute approximate surface area is 87.1 Å². The summed E-state index contributed by atoms with van der Waals surface area (Å²) < 4.78 is 0. The summed E-state index contributed by atoms with van der Waals surface area (Å²) in [6.45, 7) is 1.73. The minimum atomic E-state index is -0.583. The van der Waals surface area contributed by atoms with Gasteiger partial charge in [0.05, 0.1) is 0 Å². The molecule has 81 valence electrons. The number of hydrogen-bond donors (Lipinski definition) is 1. The van der Waals surface area contributed by atoms with Gasteiger partial charge in [-0.3, -0.25) is 5.32 Å². The normalized spacial score (nSPS) is 40.3. The van der Waals surface area contributed by atoms with Crippen molar-refractivity contribution in [3.63, 3.8) is 0 Å². The van der Waals surface area contributed by atoms with E-state index in [-0.39, 0.29) is 0 Å². The molecular formula is C12H22NO. The van der Waals surface area contributed by atoms with E-state index in [1.807, 2.05) is 0 Å². The van der Waals surface area contributed by atoms with Crippen molar-refractivity contribution >= 4 is 0 Å². The predicted molar refractivity (Wildman–Crippen MR) is 56.4 cm³/mol. The molecule has 4 unspecified atom stereocenters. The van der Waals surface area contributed by atoms with Crippen LogP contribution in [0.1, 0.15) is 51.9 Å². The first-order valence-corrected chi connectivity index (χ1v) is 6.19. The molecule has 1 radical (unpaired) electrons. The van der Waals surface area contributed by atoms with Crippen LogP contribution in [0.3, 0.4) is 0 Å². The van der Waals surface area contributed by atoms with Gasteiger partial charge in [0.2, 0.25) is 0 Å². The second kappa shape index (κ2) is 4.63. The Morgan fingerprint density at radius 2 is 1.79 bits per heavy atom. The second-order valence-corrected chi connectivity index (χ2v) is 5.05. The Bertz CT molecular complexity index is 179. The largest absolute Gasteiger partial charge is 0.287 e. The van der Waals surface area contributed by atoms with E-state index >= 15 is 0 Å². The Balaban J connectivity index is 1.94. The van der Waals surface area contributed by atoms with Gasteiger partial charge in [-0.05, 0) is 31.6 Å². The molecule has 0 heterocycles. The SMILES string of the molecule is CC([O])NC1CCCC2CCCCC21. The summed E-state index contributed by atoms with van der Waals surface area (Å²) in [4.78, 5) is 0. The highest BCUT2D eigenvalue weighted by molar-refractivity contribution is 4.89. The fourth-order valence-corrected chi connectivity index (χ4v) is 3.45. The molecule has 1 N–H and O–H groups in total. The lowest BCUT2D eigenvalue weighted by molar-refractivity contribution is 0.0289. The molecule has 0 bridgehead atoms. The van der Waals surface area contributed by atoms with Crippen molar-refractivity contribution in [1.82, 2.24) is 5.32 Å². The molecule has 2 fully saturated rings. The minimum Gasteiger partial charge on any atom is -0.287 e. The maximum Gasteiger partial charge on any atom is 0.141 e. The zero-order chi connectivity index (χ0) is 9.97. The molecule has 0 aliphatic heterocycles. The van der Waals surface area contributed by atoms with E-state index in [9.17, 15) is 5.11 Å². The van der Waals surface area contributed by atoms with E-state index < -0.39 is 6.23 Å². The maximum atomic E-state index is 11.2. The average molecular weight is 196 g/mol. The third kappa shape index (κ3) is 2.29. The monoisotopic (exact) mass is 196 g/mol. The zero-order valence-electron chi connectivity index (χ0n) is 9.17. The second-order valence-electron chi connectivity index (χ2n) is 5.05. The standard InChI is InChI=1S/C12H22NO/c1-9(14)13-12-8-4-6-10-5-2-3-7-11(10)12/h9-13H,2-8H2,1H3. The van der Waals surface area contributed by atoms with E-state index in [1.165, 1.54) is 44.9 Å². The fourth-order valence-electron chi connectivity index (χ4n) is 3.45. The van der Waals surface area contributed by atoms with Gasteiger partial charge in [-0.2, -0.15) is 0 Å². The molecule has 2 nitrogen and oxygen atoms in total. The summed E-state index contributed by atoms with van der Waals surface area (Å²) in [7, 11) is 0. The van der Waals surface area contributed by atoms with E-state index in [2.05, 4.69) is 5.32 Å². The van der Waals surface area contributed by atoms with Crippen molar-refractivity contribution in [2.45, 2.75) is 64.1 Å².